The Morgan fingerprint density at radius 3 is 1.52 bits per heavy atom. The number of phosphoric acid groups is 1. The van der Waals surface area contributed by atoms with E-state index in [0.717, 1.165) is 0 Å². The van der Waals surface area contributed by atoms with Gasteiger partial charge in [0, 0.05) is 0 Å². The second kappa shape index (κ2) is 6.23. The van der Waals surface area contributed by atoms with E-state index < -0.39 is 15.2 Å². The Morgan fingerprint density at radius 1 is 0.810 bits per heavy atom. The van der Waals surface area contributed by atoms with Crippen LogP contribution in [0.1, 0.15) is 0 Å². The zero-order valence-corrected chi connectivity index (χ0v) is 13.7. The molecular formula is C12H10Cl2O5P2. The summed E-state index contributed by atoms with van der Waals surface area (Å²) in [6.45, 7) is 0. The fraction of sp³-hybridized carbons (Fsp3) is 0. The van der Waals surface area contributed by atoms with E-state index in [1.807, 2.05) is 0 Å². The normalized spacial score (nSPS) is 12.4. The lowest BCUT2D eigenvalue weighted by atomic mass is 10.4. The first-order valence-corrected chi connectivity index (χ1v) is 9.52. The van der Waals surface area contributed by atoms with E-state index in [1.165, 1.54) is 36.4 Å². The molecule has 21 heavy (non-hydrogen) atoms. The molecule has 0 unspecified atom stereocenters. The Morgan fingerprint density at radius 2 is 1.19 bits per heavy atom. The molecule has 0 aliphatic rings. The lowest BCUT2D eigenvalue weighted by Gasteiger charge is -2.21. The second-order valence-corrected chi connectivity index (χ2v) is 8.54. The van der Waals surface area contributed by atoms with Gasteiger partial charge >= 0.3 is 7.82 Å². The van der Waals surface area contributed by atoms with Crippen molar-refractivity contribution in [3.8, 4) is 0 Å². The molecule has 0 fully saturated rings. The molecule has 0 heterocycles. The van der Waals surface area contributed by atoms with Gasteiger partial charge in [0.05, 0.1) is 20.7 Å². The van der Waals surface area contributed by atoms with Crippen molar-refractivity contribution in [2.45, 2.75) is 0 Å². The molecular weight excluding hydrogens is 357 g/mol. The average molecular weight is 367 g/mol. The summed E-state index contributed by atoms with van der Waals surface area (Å²) >= 11 is 12.0. The van der Waals surface area contributed by atoms with Crippen LogP contribution in [0, 0.1) is 0 Å². The molecule has 0 saturated heterocycles. The molecule has 0 spiro atoms. The van der Waals surface area contributed by atoms with Crippen molar-refractivity contribution >= 4 is 49.0 Å². The Kier molecular flexibility index (Phi) is 4.96. The summed E-state index contributed by atoms with van der Waals surface area (Å²) in [6, 6.07) is 11.9. The van der Waals surface area contributed by atoms with Crippen molar-refractivity contribution < 1.29 is 23.2 Å². The van der Waals surface area contributed by atoms with E-state index in [9.17, 15) is 9.13 Å². The van der Waals surface area contributed by atoms with Gasteiger partial charge in [-0.25, -0.2) is 8.88 Å². The molecule has 0 radical (unpaired) electrons. The third kappa shape index (κ3) is 3.77. The molecule has 0 saturated carbocycles. The largest absolute Gasteiger partial charge is 0.475 e. The zero-order valence-electron chi connectivity index (χ0n) is 10.4. The Labute approximate surface area is 131 Å². The highest BCUT2D eigenvalue weighted by Gasteiger charge is 2.39. The van der Waals surface area contributed by atoms with Crippen LogP contribution in [-0.2, 0) is 13.4 Å². The van der Waals surface area contributed by atoms with Crippen LogP contribution in [0.15, 0.2) is 48.5 Å². The van der Waals surface area contributed by atoms with E-state index in [-0.39, 0.29) is 20.7 Å². The predicted octanol–water partition coefficient (Wildman–Crippen LogP) is 3.33. The van der Waals surface area contributed by atoms with Crippen LogP contribution >= 0.6 is 38.4 Å². The van der Waals surface area contributed by atoms with Crippen LogP contribution in [0.5, 0.6) is 0 Å². The van der Waals surface area contributed by atoms with Gasteiger partial charge in [-0.1, -0.05) is 47.5 Å². The van der Waals surface area contributed by atoms with Crippen molar-refractivity contribution in [2.24, 2.45) is 0 Å². The standard InChI is InChI=1S/C12H10Cl2O5P2/c13-9-5-1-3-7-11(9)20(15,19-21(16,17)18)12-8-4-2-6-10(12)14/h1-8H,(H2,16,17,18). The Bertz CT molecular complexity index is 709. The first-order chi connectivity index (χ1) is 9.74. The molecule has 9 heteroatoms. The van der Waals surface area contributed by atoms with Gasteiger partial charge in [0.25, 0.3) is 7.37 Å². The fourth-order valence-electron chi connectivity index (χ4n) is 1.75. The number of halogens is 2. The number of hydrogen-bond acceptors (Lipinski definition) is 3. The topological polar surface area (TPSA) is 83.8 Å². The lowest BCUT2D eigenvalue weighted by Crippen LogP contribution is -2.19. The molecule has 2 rings (SSSR count). The third-order valence-corrected chi connectivity index (χ3v) is 7.30. The maximum atomic E-state index is 13.2. The second-order valence-electron chi connectivity index (χ2n) is 4.03. The summed E-state index contributed by atoms with van der Waals surface area (Å²) in [7, 11) is -9.19. The molecule has 0 atom stereocenters. The van der Waals surface area contributed by atoms with Gasteiger partial charge in [0.1, 0.15) is 0 Å². The Balaban J connectivity index is 2.73. The quantitative estimate of drug-likeness (QED) is 0.810. The van der Waals surface area contributed by atoms with E-state index in [1.54, 1.807) is 12.1 Å². The van der Waals surface area contributed by atoms with Crippen LogP contribution in [0.3, 0.4) is 0 Å². The van der Waals surface area contributed by atoms with Gasteiger partial charge in [-0.15, -0.1) is 0 Å². The summed E-state index contributed by atoms with van der Waals surface area (Å²) in [5.41, 5.74) is 0. The predicted molar refractivity (Wildman–Crippen MR) is 82.9 cm³/mol. The zero-order chi connectivity index (χ0) is 15.7. The summed E-state index contributed by atoms with van der Waals surface area (Å²) in [5.74, 6) is 0. The summed E-state index contributed by atoms with van der Waals surface area (Å²) < 4.78 is 29.0. The van der Waals surface area contributed by atoms with Gasteiger partial charge in [0.2, 0.25) is 0 Å². The molecule has 2 aromatic carbocycles. The van der Waals surface area contributed by atoms with Gasteiger partial charge < -0.3 is 9.79 Å². The molecule has 0 aromatic heterocycles. The van der Waals surface area contributed by atoms with E-state index in [2.05, 4.69) is 4.31 Å². The van der Waals surface area contributed by atoms with Crippen LogP contribution in [0.25, 0.3) is 0 Å². The number of rotatable bonds is 4. The first kappa shape index (κ1) is 16.7. The van der Waals surface area contributed by atoms with E-state index >= 15 is 0 Å². The fourth-order valence-corrected chi connectivity index (χ4v) is 6.13. The molecule has 2 aromatic rings. The van der Waals surface area contributed by atoms with Crippen LogP contribution in [0.4, 0.5) is 0 Å². The summed E-state index contributed by atoms with van der Waals surface area (Å²) in [5, 5.41) is 0.0783. The van der Waals surface area contributed by atoms with Crippen LogP contribution < -0.4 is 10.6 Å². The number of benzene rings is 2. The SMILES string of the molecule is O=P(O)(O)OP(=O)(c1ccccc1Cl)c1ccccc1Cl. The van der Waals surface area contributed by atoms with Gasteiger partial charge in [-0.2, -0.15) is 0 Å². The van der Waals surface area contributed by atoms with Gasteiger partial charge in [-0.05, 0) is 24.3 Å². The minimum Gasteiger partial charge on any atom is -0.302 e. The summed E-state index contributed by atoms with van der Waals surface area (Å²) in [4.78, 5) is 18.2. The molecule has 0 bridgehead atoms. The molecule has 0 amide bonds. The maximum Gasteiger partial charge on any atom is 0.475 e. The number of hydrogen-bond donors (Lipinski definition) is 2. The van der Waals surface area contributed by atoms with Crippen molar-refractivity contribution in [1.29, 1.82) is 0 Å². The van der Waals surface area contributed by atoms with Crippen molar-refractivity contribution in [3.63, 3.8) is 0 Å². The van der Waals surface area contributed by atoms with Crippen LogP contribution in [-0.4, -0.2) is 9.79 Å². The maximum absolute atomic E-state index is 13.2. The van der Waals surface area contributed by atoms with Crippen molar-refractivity contribution in [1.82, 2.24) is 0 Å². The van der Waals surface area contributed by atoms with Crippen molar-refractivity contribution in [2.75, 3.05) is 0 Å². The molecule has 112 valence electrons. The minimum atomic E-state index is -5.04. The van der Waals surface area contributed by atoms with E-state index in [4.69, 9.17) is 33.0 Å². The molecule has 2 N–H and O–H groups in total. The van der Waals surface area contributed by atoms with Crippen molar-refractivity contribution in [3.05, 3.63) is 58.6 Å². The highest BCUT2D eigenvalue weighted by Crippen LogP contribution is 2.59. The minimum absolute atomic E-state index is 0.0249. The van der Waals surface area contributed by atoms with Gasteiger partial charge in [-0.3, -0.25) is 4.57 Å². The Hall–Kier alpha value is -0.640. The smallest absolute Gasteiger partial charge is 0.302 e. The third-order valence-electron chi connectivity index (χ3n) is 2.56. The molecule has 5 nitrogen and oxygen atoms in total. The van der Waals surface area contributed by atoms with Gasteiger partial charge in [0.15, 0.2) is 0 Å². The highest BCUT2D eigenvalue weighted by atomic mass is 35.5. The average Bonchev–Trinajstić information content (AvgIpc) is 2.37. The summed E-state index contributed by atoms with van der Waals surface area (Å²) in [6.07, 6.45) is 0. The molecule has 0 aliphatic carbocycles. The molecule has 0 aliphatic heterocycles. The highest BCUT2D eigenvalue weighted by molar-refractivity contribution is 7.79. The lowest BCUT2D eigenvalue weighted by molar-refractivity contribution is 0.287. The monoisotopic (exact) mass is 366 g/mol. The van der Waals surface area contributed by atoms with Crippen LogP contribution in [0.2, 0.25) is 10.0 Å². The van der Waals surface area contributed by atoms with E-state index in [0.29, 0.717) is 0 Å². The first-order valence-electron chi connectivity index (χ1n) is 5.61.